The molecule has 3 N–H and O–H groups in total. The van der Waals surface area contributed by atoms with Crippen molar-refractivity contribution >= 4 is 11.4 Å². The number of nitrogens with two attached hydrogens (primary N) is 1. The number of hydrogen-bond donors (Lipinski definition) is 2. The summed E-state index contributed by atoms with van der Waals surface area (Å²) >= 11 is 0. The molecule has 1 aromatic rings. The molecule has 0 unspecified atom stereocenters. The number of hydrogen-bond acceptors (Lipinski definition) is 2. The molecule has 3 heteroatoms. The number of rotatable bonds is 4. The molecule has 0 amide bonds. The van der Waals surface area contributed by atoms with Crippen molar-refractivity contribution in [2.24, 2.45) is 0 Å². The summed E-state index contributed by atoms with van der Waals surface area (Å²) in [4.78, 5) is 0. The topological polar surface area (TPSA) is 38.0 Å². The Labute approximate surface area is 77.3 Å². The Balaban J connectivity index is 2.61. The lowest BCUT2D eigenvalue weighted by molar-refractivity contribution is 0.631. The Morgan fingerprint density at radius 2 is 2.31 bits per heavy atom. The van der Waals surface area contributed by atoms with Gasteiger partial charge < -0.3 is 11.1 Å². The van der Waals surface area contributed by atoms with Crippen LogP contribution in [0.5, 0.6) is 0 Å². The third-order valence-corrected chi connectivity index (χ3v) is 1.66. The molecule has 0 aliphatic rings. The first-order chi connectivity index (χ1) is 6.24. The van der Waals surface area contributed by atoms with Gasteiger partial charge in [-0.2, -0.15) is 0 Å². The largest absolute Gasteiger partial charge is 0.399 e. The van der Waals surface area contributed by atoms with E-state index in [1.54, 1.807) is 18.2 Å². The maximum atomic E-state index is 13.1. The van der Waals surface area contributed by atoms with Gasteiger partial charge in [0.05, 0.1) is 5.69 Å². The van der Waals surface area contributed by atoms with Crippen LogP contribution in [-0.4, -0.2) is 6.54 Å². The van der Waals surface area contributed by atoms with Crippen LogP contribution in [0.2, 0.25) is 0 Å². The Hall–Kier alpha value is -1.51. The summed E-state index contributed by atoms with van der Waals surface area (Å²) in [6, 6.07) is 4.60. The van der Waals surface area contributed by atoms with Gasteiger partial charge >= 0.3 is 0 Å². The highest BCUT2D eigenvalue weighted by atomic mass is 19.1. The van der Waals surface area contributed by atoms with Crippen LogP contribution < -0.4 is 11.1 Å². The highest BCUT2D eigenvalue weighted by Gasteiger charge is 1.99. The predicted molar refractivity (Wildman–Crippen MR) is 54.1 cm³/mol. The zero-order valence-electron chi connectivity index (χ0n) is 7.39. The molecule has 1 aromatic carbocycles. The van der Waals surface area contributed by atoms with E-state index >= 15 is 0 Å². The Morgan fingerprint density at radius 3 is 2.92 bits per heavy atom. The molecule has 0 bridgehead atoms. The van der Waals surface area contributed by atoms with E-state index in [-0.39, 0.29) is 5.82 Å². The molecule has 0 aliphatic carbocycles. The van der Waals surface area contributed by atoms with Crippen molar-refractivity contribution in [2.45, 2.75) is 6.42 Å². The lowest BCUT2D eigenvalue weighted by Crippen LogP contribution is -2.02. The number of nitrogen functional groups attached to an aromatic ring is 1. The summed E-state index contributed by atoms with van der Waals surface area (Å²) in [6.45, 7) is 4.26. The average Bonchev–Trinajstić information content (AvgIpc) is 2.09. The van der Waals surface area contributed by atoms with Gasteiger partial charge in [0.1, 0.15) is 5.82 Å². The fraction of sp³-hybridized carbons (Fsp3) is 0.200. The fourth-order valence-corrected chi connectivity index (χ4v) is 0.984. The number of halogens is 1. The maximum absolute atomic E-state index is 13.1. The smallest absolute Gasteiger partial charge is 0.148 e. The van der Waals surface area contributed by atoms with E-state index in [9.17, 15) is 4.39 Å². The van der Waals surface area contributed by atoms with E-state index in [0.717, 1.165) is 6.42 Å². The second-order valence-corrected chi connectivity index (χ2v) is 2.74. The van der Waals surface area contributed by atoms with Gasteiger partial charge in [-0.3, -0.25) is 0 Å². The van der Waals surface area contributed by atoms with Crippen molar-refractivity contribution in [3.8, 4) is 0 Å². The van der Waals surface area contributed by atoms with Gasteiger partial charge in [-0.25, -0.2) is 4.39 Å². The molecule has 2 nitrogen and oxygen atoms in total. The summed E-state index contributed by atoms with van der Waals surface area (Å²) in [5.74, 6) is -0.316. The molecular weight excluding hydrogens is 167 g/mol. The molecule has 13 heavy (non-hydrogen) atoms. The lowest BCUT2D eigenvalue weighted by atomic mass is 10.2. The van der Waals surface area contributed by atoms with Gasteiger partial charge in [0.15, 0.2) is 0 Å². The molecule has 0 aromatic heterocycles. The molecule has 0 heterocycles. The second kappa shape index (κ2) is 4.50. The second-order valence-electron chi connectivity index (χ2n) is 2.74. The average molecular weight is 180 g/mol. The minimum atomic E-state index is -0.316. The third-order valence-electron chi connectivity index (χ3n) is 1.66. The van der Waals surface area contributed by atoms with Crippen LogP contribution in [0.1, 0.15) is 6.42 Å². The van der Waals surface area contributed by atoms with Crippen molar-refractivity contribution in [2.75, 3.05) is 17.6 Å². The number of nitrogens with one attached hydrogen (secondary N) is 1. The minimum Gasteiger partial charge on any atom is -0.399 e. The molecule has 0 aliphatic heterocycles. The number of benzene rings is 1. The van der Waals surface area contributed by atoms with Gasteiger partial charge in [-0.15, -0.1) is 6.58 Å². The quantitative estimate of drug-likeness (QED) is 0.424. The van der Waals surface area contributed by atoms with Crippen LogP contribution in [0.4, 0.5) is 15.8 Å². The predicted octanol–water partition coefficient (Wildman–Crippen LogP) is 2.40. The summed E-state index contributed by atoms with van der Waals surface area (Å²) in [6.07, 6.45) is 2.59. The summed E-state index contributed by atoms with van der Waals surface area (Å²) in [5.41, 5.74) is 6.32. The van der Waals surface area contributed by atoms with Gasteiger partial charge in [0, 0.05) is 12.2 Å². The van der Waals surface area contributed by atoms with Gasteiger partial charge in [-0.1, -0.05) is 6.08 Å². The first-order valence-electron chi connectivity index (χ1n) is 4.14. The van der Waals surface area contributed by atoms with Crippen molar-refractivity contribution in [3.05, 3.63) is 36.7 Å². The molecule has 0 saturated heterocycles. The molecule has 0 spiro atoms. The fourth-order valence-electron chi connectivity index (χ4n) is 0.984. The van der Waals surface area contributed by atoms with Crippen LogP contribution in [0.3, 0.4) is 0 Å². The van der Waals surface area contributed by atoms with E-state index in [0.29, 0.717) is 17.9 Å². The van der Waals surface area contributed by atoms with Crippen LogP contribution in [0.25, 0.3) is 0 Å². The Morgan fingerprint density at radius 1 is 1.54 bits per heavy atom. The van der Waals surface area contributed by atoms with Crippen molar-refractivity contribution < 1.29 is 4.39 Å². The molecule has 0 radical (unpaired) electrons. The minimum absolute atomic E-state index is 0.316. The van der Waals surface area contributed by atoms with Crippen molar-refractivity contribution in [3.63, 3.8) is 0 Å². The van der Waals surface area contributed by atoms with Crippen molar-refractivity contribution in [1.29, 1.82) is 0 Å². The summed E-state index contributed by atoms with van der Waals surface area (Å²) in [7, 11) is 0. The zero-order chi connectivity index (χ0) is 9.68. The zero-order valence-corrected chi connectivity index (χ0v) is 7.39. The third kappa shape index (κ3) is 2.78. The van der Waals surface area contributed by atoms with Crippen LogP contribution in [0.15, 0.2) is 30.9 Å². The molecule has 0 saturated carbocycles. The van der Waals surface area contributed by atoms with Gasteiger partial charge in [-0.05, 0) is 24.6 Å². The van der Waals surface area contributed by atoms with E-state index < -0.39 is 0 Å². The highest BCUT2D eigenvalue weighted by molar-refractivity contribution is 5.52. The summed E-state index contributed by atoms with van der Waals surface area (Å²) in [5, 5.41) is 2.94. The van der Waals surface area contributed by atoms with Gasteiger partial charge in [0.25, 0.3) is 0 Å². The van der Waals surface area contributed by atoms with E-state index in [4.69, 9.17) is 5.73 Å². The summed E-state index contributed by atoms with van der Waals surface area (Å²) < 4.78 is 13.1. The standard InChI is InChI=1S/C10H13FN2/c1-2-3-6-13-10-5-4-8(12)7-9(10)11/h2,4-5,7,13H,1,3,6,12H2. The van der Waals surface area contributed by atoms with E-state index in [1.807, 2.05) is 0 Å². The monoisotopic (exact) mass is 180 g/mol. The van der Waals surface area contributed by atoms with E-state index in [2.05, 4.69) is 11.9 Å². The maximum Gasteiger partial charge on any atom is 0.148 e. The molecule has 0 atom stereocenters. The Bertz CT molecular complexity index is 297. The SMILES string of the molecule is C=CCCNc1ccc(N)cc1F. The molecule has 70 valence electrons. The first kappa shape index (κ1) is 9.58. The van der Waals surface area contributed by atoms with Gasteiger partial charge in [0.2, 0.25) is 0 Å². The van der Waals surface area contributed by atoms with Crippen molar-refractivity contribution in [1.82, 2.24) is 0 Å². The van der Waals surface area contributed by atoms with Crippen LogP contribution >= 0.6 is 0 Å². The molecule has 1 rings (SSSR count). The number of anilines is 2. The first-order valence-corrected chi connectivity index (χ1v) is 4.14. The molecule has 0 fully saturated rings. The van der Waals surface area contributed by atoms with E-state index in [1.165, 1.54) is 6.07 Å². The van der Waals surface area contributed by atoms with Crippen LogP contribution in [-0.2, 0) is 0 Å². The van der Waals surface area contributed by atoms with Crippen LogP contribution in [0, 0.1) is 5.82 Å². The Kier molecular flexibility index (Phi) is 3.31. The lowest BCUT2D eigenvalue weighted by Gasteiger charge is -2.05. The molecular formula is C10H13FN2. The highest BCUT2D eigenvalue weighted by Crippen LogP contribution is 2.16. The normalized spacial score (nSPS) is 9.62.